The average molecular weight is 862 g/mol. The second-order valence-corrected chi connectivity index (χ2v) is 13.2. The van der Waals surface area contributed by atoms with Crippen molar-refractivity contribution in [2.45, 2.75) is 0 Å². The molecule has 0 N–H and O–H groups in total. The van der Waals surface area contributed by atoms with E-state index in [1.54, 1.807) is 12.4 Å². The van der Waals surface area contributed by atoms with E-state index in [1.807, 2.05) is 180 Å². The fourth-order valence-electron chi connectivity index (χ4n) is 5.73. The number of aromatic nitrogens is 2. The number of nitrogens with zero attached hydrogens (tertiary/aromatic N) is 6. The predicted octanol–water partition coefficient (Wildman–Crippen LogP) is 6.59. The van der Waals surface area contributed by atoms with Crippen LogP contribution in [-0.2, 0) is 17.1 Å². The molecule has 8 rings (SSSR count). The first-order chi connectivity index (χ1) is 28.8. The predicted molar refractivity (Wildman–Crippen MR) is 223 cm³/mol. The SMILES string of the molecule is [Cu+].[O-][Cl+3]([O-])([O-])[O-].c1ccc(C(=NN(c2ccccc2)c2ccccn2)c2ccccc2)cc1.c1ccc(C(=NN(c2ccccc2)c2ccccn2)c2ccccc2)cc1. The van der Waals surface area contributed by atoms with Crippen LogP contribution < -0.4 is 28.7 Å². The smallest absolute Gasteiger partial charge is 0.237 e. The van der Waals surface area contributed by atoms with E-state index < -0.39 is 10.2 Å². The Morgan fingerprint density at radius 2 is 0.583 bits per heavy atom. The molecule has 2 aromatic heterocycles. The third-order valence-corrected chi connectivity index (χ3v) is 8.32. The van der Waals surface area contributed by atoms with Gasteiger partial charge in [-0.3, -0.25) is 0 Å². The van der Waals surface area contributed by atoms with Crippen molar-refractivity contribution in [3.8, 4) is 0 Å². The number of anilines is 4. The van der Waals surface area contributed by atoms with Crippen LogP contribution >= 0.6 is 0 Å². The van der Waals surface area contributed by atoms with Crippen LogP contribution in [-0.4, -0.2) is 21.4 Å². The summed E-state index contributed by atoms with van der Waals surface area (Å²) < 4.78 is 34.0. The third kappa shape index (κ3) is 13.7. The van der Waals surface area contributed by atoms with Crippen molar-refractivity contribution >= 4 is 34.4 Å². The molecule has 60 heavy (non-hydrogen) atoms. The van der Waals surface area contributed by atoms with Crippen molar-refractivity contribution in [2.75, 3.05) is 10.0 Å². The molecule has 0 atom stereocenters. The van der Waals surface area contributed by atoms with Gasteiger partial charge in [-0.25, -0.2) is 38.6 Å². The van der Waals surface area contributed by atoms with Gasteiger partial charge in [0.25, 0.3) is 0 Å². The monoisotopic (exact) mass is 860 g/mol. The standard InChI is InChI=1S/2C24H19N3.ClHO4.Cu/c2*1-4-12-20(13-5-1)24(21-14-6-2-7-15-21)26-27(22-16-8-3-9-17-22)23-18-10-11-19-25-23;2-1(3,4)5;/h2*1-19H;(H,2,3,4,5);/q;;;+1/p-1. The minimum atomic E-state index is -4.94. The molecule has 2 heterocycles. The Bertz CT molecular complexity index is 2130. The number of rotatable bonds is 10. The van der Waals surface area contributed by atoms with Crippen LogP contribution in [0.3, 0.4) is 0 Å². The van der Waals surface area contributed by atoms with E-state index in [2.05, 4.69) is 58.5 Å². The normalized spacial score (nSPS) is 10.2. The van der Waals surface area contributed by atoms with Gasteiger partial charge in [0.05, 0.1) is 22.8 Å². The zero-order valence-corrected chi connectivity index (χ0v) is 33.6. The maximum absolute atomic E-state index is 8.49. The van der Waals surface area contributed by atoms with Gasteiger partial charge in [-0.05, 0) is 48.5 Å². The Labute approximate surface area is 361 Å². The van der Waals surface area contributed by atoms with Crippen molar-refractivity contribution < 1.29 is 45.9 Å². The van der Waals surface area contributed by atoms with Crippen LogP contribution in [0.2, 0.25) is 0 Å². The maximum Gasteiger partial charge on any atom is 1.00 e. The van der Waals surface area contributed by atoms with E-state index in [9.17, 15) is 0 Å². The molecular formula is C48H38ClCuN6O4. The minimum Gasteiger partial charge on any atom is -0.237 e. The Balaban J connectivity index is 0.000000202. The molecule has 10 nitrogen and oxygen atoms in total. The number of benzene rings is 6. The van der Waals surface area contributed by atoms with E-state index in [4.69, 9.17) is 28.8 Å². The number of pyridine rings is 2. The van der Waals surface area contributed by atoms with Gasteiger partial charge >= 0.3 is 17.1 Å². The van der Waals surface area contributed by atoms with Gasteiger partial charge in [0, 0.05) is 34.6 Å². The number of halogens is 1. The van der Waals surface area contributed by atoms with Crippen LogP contribution in [0.15, 0.2) is 241 Å². The first-order valence-corrected chi connectivity index (χ1v) is 19.6. The number of hydrogen-bond acceptors (Lipinski definition) is 10. The molecule has 302 valence electrons. The van der Waals surface area contributed by atoms with Crippen LogP contribution in [0, 0.1) is 10.2 Å². The first kappa shape index (κ1) is 44.3. The number of para-hydroxylation sites is 2. The summed E-state index contributed by atoms with van der Waals surface area (Å²) in [5, 5.41) is 13.9. The van der Waals surface area contributed by atoms with Crippen LogP contribution in [0.5, 0.6) is 0 Å². The van der Waals surface area contributed by atoms with Gasteiger partial charge in [-0.2, -0.15) is 10.2 Å². The summed E-state index contributed by atoms with van der Waals surface area (Å²) in [4.78, 5) is 9.03. The number of hydrogen-bond donors (Lipinski definition) is 0. The quantitative estimate of drug-likeness (QED) is 0.0851. The molecule has 0 aliphatic rings. The largest absolute Gasteiger partial charge is 1.00 e. The van der Waals surface area contributed by atoms with Crippen molar-refractivity contribution in [2.24, 2.45) is 10.2 Å². The second kappa shape index (κ2) is 23.0. The zero-order valence-electron chi connectivity index (χ0n) is 31.9. The molecule has 0 amide bonds. The Hall–Kier alpha value is -6.79. The molecule has 6 aromatic carbocycles. The first-order valence-electron chi connectivity index (χ1n) is 18.4. The average Bonchev–Trinajstić information content (AvgIpc) is 3.29. The van der Waals surface area contributed by atoms with E-state index in [1.165, 1.54) is 0 Å². The van der Waals surface area contributed by atoms with Crippen molar-refractivity contribution in [1.82, 2.24) is 9.97 Å². The van der Waals surface area contributed by atoms with Crippen molar-refractivity contribution in [1.29, 1.82) is 0 Å². The maximum atomic E-state index is 8.49. The third-order valence-electron chi connectivity index (χ3n) is 8.32. The Morgan fingerprint density at radius 3 is 0.817 bits per heavy atom. The van der Waals surface area contributed by atoms with Crippen molar-refractivity contribution in [3.05, 3.63) is 253 Å². The second-order valence-electron chi connectivity index (χ2n) is 12.4. The van der Waals surface area contributed by atoms with E-state index in [0.717, 1.165) is 56.7 Å². The molecule has 12 heteroatoms. The summed E-state index contributed by atoms with van der Waals surface area (Å²) in [6.07, 6.45) is 3.57. The summed E-state index contributed by atoms with van der Waals surface area (Å²) >= 11 is 0. The molecule has 0 spiro atoms. The van der Waals surface area contributed by atoms with Gasteiger partial charge in [0.1, 0.15) is 0 Å². The summed E-state index contributed by atoms with van der Waals surface area (Å²) in [7, 11) is -4.94. The van der Waals surface area contributed by atoms with E-state index >= 15 is 0 Å². The minimum absolute atomic E-state index is 0. The summed E-state index contributed by atoms with van der Waals surface area (Å²) in [6, 6.07) is 72.7. The van der Waals surface area contributed by atoms with E-state index in [0.29, 0.717) is 0 Å². The Morgan fingerprint density at radius 1 is 0.350 bits per heavy atom. The molecule has 0 fully saturated rings. The molecule has 0 bridgehead atoms. The van der Waals surface area contributed by atoms with Crippen LogP contribution in [0.1, 0.15) is 22.3 Å². The molecular weight excluding hydrogens is 824 g/mol. The molecule has 0 saturated carbocycles. The van der Waals surface area contributed by atoms with Gasteiger partial charge in [-0.1, -0.05) is 170 Å². The van der Waals surface area contributed by atoms with Crippen LogP contribution in [0.4, 0.5) is 23.0 Å². The van der Waals surface area contributed by atoms with Crippen LogP contribution in [0.25, 0.3) is 0 Å². The van der Waals surface area contributed by atoms with Gasteiger partial charge in [0.2, 0.25) is 0 Å². The number of hydrazone groups is 2. The molecule has 0 aliphatic heterocycles. The Kier molecular flexibility index (Phi) is 17.0. The summed E-state index contributed by atoms with van der Waals surface area (Å²) in [5.41, 5.74) is 7.93. The van der Waals surface area contributed by atoms with Gasteiger partial charge in [0.15, 0.2) is 11.6 Å². The molecule has 0 unspecified atom stereocenters. The molecule has 0 radical (unpaired) electrons. The topological polar surface area (TPSA) is 149 Å². The van der Waals surface area contributed by atoms with Gasteiger partial charge < -0.3 is 0 Å². The van der Waals surface area contributed by atoms with E-state index in [-0.39, 0.29) is 17.1 Å². The summed E-state index contributed by atoms with van der Waals surface area (Å²) in [5.74, 6) is 1.54. The fourth-order valence-corrected chi connectivity index (χ4v) is 5.73. The van der Waals surface area contributed by atoms with Crippen molar-refractivity contribution in [3.63, 3.8) is 0 Å². The zero-order chi connectivity index (χ0) is 41.1. The molecule has 0 saturated heterocycles. The fraction of sp³-hybridized carbons (Fsp3) is 0. The molecule has 0 aliphatic carbocycles. The molecule has 8 aromatic rings. The summed E-state index contributed by atoms with van der Waals surface area (Å²) in [6.45, 7) is 0. The van der Waals surface area contributed by atoms with Gasteiger partial charge in [-0.15, -0.1) is 10.2 Å².